The molecule has 16 heteroatoms. The molecule has 276 valence electrons. The van der Waals surface area contributed by atoms with Crippen LogP contribution in [0.15, 0.2) is 70.6 Å². The van der Waals surface area contributed by atoms with E-state index in [0.29, 0.717) is 60.3 Å². The molecule has 0 aliphatic carbocycles. The lowest BCUT2D eigenvalue weighted by Gasteiger charge is -2.47. The smallest absolute Gasteiger partial charge is 0.326 e. The van der Waals surface area contributed by atoms with Crippen molar-refractivity contribution < 1.29 is 30.8 Å². The summed E-state index contributed by atoms with van der Waals surface area (Å²) in [6, 6.07) is 16.4. The van der Waals surface area contributed by atoms with Crippen LogP contribution in [-0.4, -0.2) is 108 Å². The van der Waals surface area contributed by atoms with E-state index in [1.54, 1.807) is 34.1 Å². The van der Waals surface area contributed by atoms with Crippen LogP contribution in [0, 0.1) is 0 Å². The number of amides is 2. The van der Waals surface area contributed by atoms with Crippen LogP contribution in [0.25, 0.3) is 0 Å². The zero-order valence-electron chi connectivity index (χ0n) is 28.7. The molecule has 0 N–H and O–H groups in total. The van der Waals surface area contributed by atoms with Gasteiger partial charge in [-0.1, -0.05) is 59.1 Å². The summed E-state index contributed by atoms with van der Waals surface area (Å²) >= 11 is 19.1. The molecule has 2 aliphatic heterocycles. The van der Waals surface area contributed by atoms with Crippen molar-refractivity contribution in [2.45, 2.75) is 36.2 Å². The van der Waals surface area contributed by atoms with Gasteiger partial charge in [0.25, 0.3) is 0 Å². The Morgan fingerprint density at radius 1 is 0.882 bits per heavy atom. The van der Waals surface area contributed by atoms with Gasteiger partial charge >= 0.3 is 6.03 Å². The average molecular weight is 802 g/mol. The first-order valence-electron chi connectivity index (χ1n) is 16.2. The first-order chi connectivity index (χ1) is 23.9. The molecular weight excluding hydrogens is 762 g/mol. The van der Waals surface area contributed by atoms with Crippen LogP contribution in [0.1, 0.15) is 37.0 Å². The van der Waals surface area contributed by atoms with E-state index in [0.717, 1.165) is 6.26 Å². The fourth-order valence-electron chi connectivity index (χ4n) is 6.68. The Morgan fingerprint density at radius 3 is 1.98 bits per heavy atom. The maximum absolute atomic E-state index is 15.1. The van der Waals surface area contributed by atoms with E-state index in [1.165, 1.54) is 18.4 Å². The summed E-state index contributed by atoms with van der Waals surface area (Å²) in [5, 5.41) is 0.856. The third-order valence-corrected chi connectivity index (χ3v) is 12.7. The van der Waals surface area contributed by atoms with Crippen LogP contribution >= 0.6 is 34.8 Å². The predicted octanol–water partition coefficient (Wildman–Crippen LogP) is 6.46. The number of alkyl halides is 1. The van der Waals surface area contributed by atoms with Crippen molar-refractivity contribution >= 4 is 66.3 Å². The number of sulfone groups is 2. The minimum absolute atomic E-state index is 0.0520. The quantitative estimate of drug-likeness (QED) is 0.219. The van der Waals surface area contributed by atoms with Gasteiger partial charge in [-0.15, -0.1) is 0 Å². The van der Waals surface area contributed by atoms with Crippen molar-refractivity contribution in [2.75, 3.05) is 64.3 Å². The van der Waals surface area contributed by atoms with Crippen molar-refractivity contribution in [1.82, 2.24) is 14.7 Å². The van der Waals surface area contributed by atoms with E-state index in [9.17, 15) is 21.2 Å². The second-order valence-corrected chi connectivity index (χ2v) is 18.6. The number of hydrogen-bond donors (Lipinski definition) is 0. The van der Waals surface area contributed by atoms with Gasteiger partial charge in [0.15, 0.2) is 9.84 Å². The van der Waals surface area contributed by atoms with E-state index < -0.39 is 43.5 Å². The maximum atomic E-state index is 15.1. The highest BCUT2D eigenvalue weighted by Crippen LogP contribution is 2.54. The molecule has 3 aromatic rings. The SMILES string of the molecule is C[C@@]1(c2ccc(Cl)cc2)N=C(c2cc(S(C)(=O)=O)c(Cl)cc2OCCF)N(C(=O)N2CCN(CCCS(C)(=O)=O)CC2)[C@]1(C)c1ccc(Cl)cc1. The lowest BCUT2D eigenvalue weighted by atomic mass is 9.71. The zero-order valence-corrected chi connectivity index (χ0v) is 32.6. The molecule has 2 amide bonds. The van der Waals surface area contributed by atoms with Crippen molar-refractivity contribution in [1.29, 1.82) is 0 Å². The predicted molar refractivity (Wildman–Crippen MR) is 200 cm³/mol. The molecule has 0 spiro atoms. The Morgan fingerprint density at radius 2 is 1.45 bits per heavy atom. The number of carbonyl (C=O) groups is 1. The monoisotopic (exact) mass is 800 g/mol. The summed E-state index contributed by atoms with van der Waals surface area (Å²) in [7, 11) is -6.98. The molecule has 1 fully saturated rings. The molecule has 2 atom stereocenters. The molecule has 51 heavy (non-hydrogen) atoms. The standard InChI is InChI=1S/C35H40Cl3FN4O6S2/c1-34(24-6-10-26(36)11-7-24)35(2,25-8-12-27(37)13-9-25)43(33(44)42-18-16-41(17-19-42)15-5-21-50(3,45)46)32(40-34)28-22-31(51(4,47)48)29(38)23-30(28)49-20-14-39/h6-13,22-23H,5,14-21H2,1-4H3/t34-,35+/m0/s1. The summed E-state index contributed by atoms with van der Waals surface area (Å²) < 4.78 is 68.6. The van der Waals surface area contributed by atoms with Gasteiger partial charge in [-0.2, -0.15) is 0 Å². The lowest BCUT2D eigenvalue weighted by Crippen LogP contribution is -2.60. The van der Waals surface area contributed by atoms with E-state index >= 15 is 4.79 Å². The summed E-state index contributed by atoms with van der Waals surface area (Å²) in [4.78, 5) is 25.6. The van der Waals surface area contributed by atoms with Crippen LogP contribution in [0.3, 0.4) is 0 Å². The zero-order chi connectivity index (χ0) is 37.4. The first-order valence-corrected chi connectivity index (χ1v) is 21.3. The molecule has 0 unspecified atom stereocenters. The second-order valence-electron chi connectivity index (χ2n) is 13.1. The lowest BCUT2D eigenvalue weighted by molar-refractivity contribution is 0.0868. The molecule has 1 saturated heterocycles. The Balaban J connectivity index is 1.70. The van der Waals surface area contributed by atoms with E-state index in [4.69, 9.17) is 44.5 Å². The third kappa shape index (κ3) is 8.18. The van der Waals surface area contributed by atoms with E-state index in [2.05, 4.69) is 4.90 Å². The van der Waals surface area contributed by atoms with Crippen LogP contribution in [0.5, 0.6) is 5.75 Å². The van der Waals surface area contributed by atoms with Crippen LogP contribution < -0.4 is 4.74 Å². The molecule has 2 heterocycles. The number of benzene rings is 3. The van der Waals surface area contributed by atoms with Crippen LogP contribution in [0.4, 0.5) is 9.18 Å². The normalized spacial score (nSPS) is 21.5. The highest BCUT2D eigenvalue weighted by Gasteiger charge is 2.60. The van der Waals surface area contributed by atoms with Crippen LogP contribution in [0.2, 0.25) is 15.1 Å². The van der Waals surface area contributed by atoms with Crippen molar-refractivity contribution in [3.05, 3.63) is 92.4 Å². The van der Waals surface area contributed by atoms with E-state index in [-0.39, 0.29) is 39.4 Å². The summed E-state index contributed by atoms with van der Waals surface area (Å²) in [5.74, 6) is 0.225. The Bertz CT molecular complexity index is 2030. The number of piperazine rings is 1. The molecule has 0 bridgehead atoms. The van der Waals surface area contributed by atoms with Gasteiger partial charge in [0.05, 0.1) is 21.2 Å². The van der Waals surface area contributed by atoms with Gasteiger partial charge in [-0.05, 0) is 68.3 Å². The fourth-order valence-corrected chi connectivity index (χ4v) is 8.91. The van der Waals surface area contributed by atoms with Crippen LogP contribution in [-0.2, 0) is 30.8 Å². The molecule has 3 aromatic carbocycles. The molecule has 0 radical (unpaired) electrons. The molecular formula is C35H40Cl3FN4O6S2. The van der Waals surface area contributed by atoms with Gasteiger partial charge in [-0.3, -0.25) is 14.8 Å². The van der Waals surface area contributed by atoms with Crippen molar-refractivity contribution in [2.24, 2.45) is 4.99 Å². The number of nitrogens with zero attached hydrogens (tertiary/aromatic N) is 4. The number of hydrogen-bond acceptors (Lipinski definition) is 8. The number of rotatable bonds is 11. The number of halogens is 4. The van der Waals surface area contributed by atoms with Gasteiger partial charge in [-0.25, -0.2) is 26.0 Å². The topological polar surface area (TPSA) is 117 Å². The number of amidine groups is 1. The minimum Gasteiger partial charge on any atom is -0.490 e. The Labute approximate surface area is 314 Å². The highest BCUT2D eigenvalue weighted by atomic mass is 35.5. The van der Waals surface area contributed by atoms with Gasteiger partial charge in [0, 0.05) is 54.8 Å². The number of ether oxygens (including phenoxy) is 1. The van der Waals surface area contributed by atoms with E-state index in [1.807, 2.05) is 38.1 Å². The maximum Gasteiger partial charge on any atom is 0.326 e. The summed E-state index contributed by atoms with van der Waals surface area (Å²) in [6.45, 7) is 4.82. The largest absolute Gasteiger partial charge is 0.490 e. The molecule has 10 nitrogen and oxygen atoms in total. The first kappa shape index (κ1) is 39.3. The Hall–Kier alpha value is -2.94. The number of urea groups is 1. The summed E-state index contributed by atoms with van der Waals surface area (Å²) in [5.41, 5.74) is -0.964. The number of aliphatic imine (C=N–C) groups is 1. The third-order valence-electron chi connectivity index (χ3n) is 9.58. The van der Waals surface area contributed by atoms with Gasteiger partial charge in [0.1, 0.15) is 45.8 Å². The molecule has 5 rings (SSSR count). The fraction of sp³-hybridized carbons (Fsp3) is 0.429. The highest BCUT2D eigenvalue weighted by molar-refractivity contribution is 7.91. The number of carbonyl (C=O) groups excluding carboxylic acids is 1. The minimum atomic E-state index is -3.88. The second kappa shape index (κ2) is 15.2. The average Bonchev–Trinajstić information content (AvgIpc) is 3.31. The molecule has 0 saturated carbocycles. The van der Waals surface area contributed by atoms with Gasteiger partial charge in [0.2, 0.25) is 0 Å². The van der Waals surface area contributed by atoms with Crippen molar-refractivity contribution in [3.8, 4) is 5.75 Å². The Kier molecular flexibility index (Phi) is 11.7. The summed E-state index contributed by atoms with van der Waals surface area (Å²) in [6.07, 6.45) is 2.71. The molecule has 0 aromatic heterocycles. The van der Waals surface area contributed by atoms with Crippen molar-refractivity contribution in [3.63, 3.8) is 0 Å². The van der Waals surface area contributed by atoms with Gasteiger partial charge < -0.3 is 9.64 Å². The molecule has 2 aliphatic rings.